The van der Waals surface area contributed by atoms with Crippen molar-refractivity contribution in [2.45, 2.75) is 19.8 Å². The molecule has 1 fully saturated rings. The number of nitrogens with one attached hydrogen (secondary N) is 3. The van der Waals surface area contributed by atoms with E-state index >= 15 is 0 Å². The normalized spacial score (nSPS) is 16.4. The van der Waals surface area contributed by atoms with Crippen molar-refractivity contribution < 1.29 is 14.3 Å². The molecule has 1 aromatic carbocycles. The van der Waals surface area contributed by atoms with Crippen LogP contribution < -0.4 is 21.7 Å². The van der Waals surface area contributed by atoms with Crippen molar-refractivity contribution in [1.82, 2.24) is 5.32 Å². The van der Waals surface area contributed by atoms with Crippen LogP contribution in [0, 0.1) is 5.41 Å². The second-order valence-electron chi connectivity index (χ2n) is 5.62. The molecule has 1 aromatic rings. The minimum Gasteiger partial charge on any atom is -0.381 e. The van der Waals surface area contributed by atoms with E-state index in [1.54, 1.807) is 24.3 Å². The third-order valence-corrected chi connectivity index (χ3v) is 4.04. The van der Waals surface area contributed by atoms with E-state index in [2.05, 4.69) is 16.0 Å². The molecule has 7 nitrogen and oxygen atoms in total. The van der Waals surface area contributed by atoms with Crippen molar-refractivity contribution >= 4 is 23.3 Å². The standard InChI is InChI=1S/C16H24N4O3/c1-2-18-15(22)20-13-5-3-4-12(10-13)19-14(21)16(11-17)6-8-23-9-7-16/h3-5,10H,2,6-9,11,17H2,1H3,(H,19,21)(H2,18,20,22). The number of urea groups is 1. The van der Waals surface area contributed by atoms with E-state index < -0.39 is 5.41 Å². The van der Waals surface area contributed by atoms with E-state index in [1.165, 1.54) is 0 Å². The van der Waals surface area contributed by atoms with Gasteiger partial charge in [0.05, 0.1) is 5.41 Å². The molecule has 2 rings (SSSR count). The molecule has 7 heteroatoms. The first-order chi connectivity index (χ1) is 11.1. The molecule has 126 valence electrons. The maximum Gasteiger partial charge on any atom is 0.319 e. The van der Waals surface area contributed by atoms with Crippen LogP contribution in [0.2, 0.25) is 0 Å². The summed E-state index contributed by atoms with van der Waals surface area (Å²) < 4.78 is 5.32. The Kier molecular flexibility index (Phi) is 5.95. The van der Waals surface area contributed by atoms with Gasteiger partial charge >= 0.3 is 6.03 Å². The highest BCUT2D eigenvalue weighted by Gasteiger charge is 2.38. The summed E-state index contributed by atoms with van der Waals surface area (Å²) in [5, 5.41) is 8.27. The van der Waals surface area contributed by atoms with E-state index in [1.807, 2.05) is 6.92 Å². The summed E-state index contributed by atoms with van der Waals surface area (Å²) in [4.78, 5) is 24.2. The van der Waals surface area contributed by atoms with Crippen LogP contribution in [0.5, 0.6) is 0 Å². The number of ether oxygens (including phenoxy) is 1. The van der Waals surface area contributed by atoms with Crippen LogP contribution in [0.25, 0.3) is 0 Å². The van der Waals surface area contributed by atoms with E-state index in [-0.39, 0.29) is 11.9 Å². The van der Waals surface area contributed by atoms with Crippen molar-refractivity contribution in [1.29, 1.82) is 0 Å². The lowest BCUT2D eigenvalue weighted by Gasteiger charge is -2.34. The van der Waals surface area contributed by atoms with Gasteiger partial charge in [-0.15, -0.1) is 0 Å². The third kappa shape index (κ3) is 4.43. The molecule has 0 radical (unpaired) electrons. The number of nitrogens with two attached hydrogens (primary N) is 1. The second kappa shape index (κ2) is 7.94. The number of rotatable bonds is 5. The van der Waals surface area contributed by atoms with Gasteiger partial charge in [0, 0.05) is 37.7 Å². The largest absolute Gasteiger partial charge is 0.381 e. The molecule has 1 heterocycles. The summed E-state index contributed by atoms with van der Waals surface area (Å²) in [6.45, 7) is 3.77. The Balaban J connectivity index is 2.04. The van der Waals surface area contributed by atoms with Crippen LogP contribution in [0.4, 0.5) is 16.2 Å². The molecule has 1 aliphatic rings. The predicted octanol–water partition coefficient (Wildman–Crippen LogP) is 1.52. The Morgan fingerprint density at radius 1 is 1.22 bits per heavy atom. The minimum absolute atomic E-state index is 0.0986. The monoisotopic (exact) mass is 320 g/mol. The number of carbonyl (C=O) groups excluding carboxylic acids is 2. The fourth-order valence-electron chi connectivity index (χ4n) is 2.56. The lowest BCUT2D eigenvalue weighted by atomic mass is 9.79. The first kappa shape index (κ1) is 17.2. The molecule has 0 aliphatic carbocycles. The quantitative estimate of drug-likeness (QED) is 0.660. The van der Waals surface area contributed by atoms with Gasteiger partial charge in [0.25, 0.3) is 0 Å². The Morgan fingerprint density at radius 2 is 1.87 bits per heavy atom. The molecule has 3 amide bonds. The van der Waals surface area contributed by atoms with Gasteiger partial charge in [0.15, 0.2) is 0 Å². The van der Waals surface area contributed by atoms with Gasteiger partial charge in [-0.2, -0.15) is 0 Å². The van der Waals surface area contributed by atoms with E-state index in [4.69, 9.17) is 10.5 Å². The summed E-state index contributed by atoms with van der Waals surface area (Å²) in [5.74, 6) is -0.0986. The van der Waals surface area contributed by atoms with E-state index in [0.29, 0.717) is 50.5 Å². The first-order valence-electron chi connectivity index (χ1n) is 7.84. The molecule has 0 unspecified atom stereocenters. The van der Waals surface area contributed by atoms with Gasteiger partial charge < -0.3 is 26.4 Å². The van der Waals surface area contributed by atoms with Gasteiger partial charge in [-0.1, -0.05) is 6.07 Å². The van der Waals surface area contributed by atoms with Crippen LogP contribution >= 0.6 is 0 Å². The highest BCUT2D eigenvalue weighted by Crippen LogP contribution is 2.31. The smallest absolute Gasteiger partial charge is 0.319 e. The zero-order chi connectivity index (χ0) is 16.7. The Morgan fingerprint density at radius 3 is 2.48 bits per heavy atom. The van der Waals surface area contributed by atoms with Crippen molar-refractivity contribution in [3.05, 3.63) is 24.3 Å². The summed E-state index contributed by atoms with van der Waals surface area (Å²) in [6.07, 6.45) is 1.23. The second-order valence-corrected chi connectivity index (χ2v) is 5.62. The van der Waals surface area contributed by atoms with Gasteiger partial charge in [-0.05, 0) is 38.0 Å². The van der Waals surface area contributed by atoms with Crippen LogP contribution in [-0.2, 0) is 9.53 Å². The molecule has 5 N–H and O–H groups in total. The number of carbonyl (C=O) groups is 2. The van der Waals surface area contributed by atoms with Gasteiger partial charge in [-0.3, -0.25) is 4.79 Å². The zero-order valence-corrected chi connectivity index (χ0v) is 13.4. The molecule has 0 aromatic heterocycles. The van der Waals surface area contributed by atoms with Crippen LogP contribution in [0.15, 0.2) is 24.3 Å². The molecule has 0 saturated carbocycles. The Bertz CT molecular complexity index is 556. The lowest BCUT2D eigenvalue weighted by molar-refractivity contribution is -0.130. The molecule has 1 saturated heterocycles. The summed E-state index contributed by atoms with van der Waals surface area (Å²) >= 11 is 0. The maximum absolute atomic E-state index is 12.6. The zero-order valence-electron chi connectivity index (χ0n) is 13.4. The van der Waals surface area contributed by atoms with Crippen molar-refractivity contribution in [2.75, 3.05) is 36.9 Å². The third-order valence-electron chi connectivity index (χ3n) is 4.04. The molecule has 0 atom stereocenters. The van der Waals surface area contributed by atoms with Crippen LogP contribution in [0.1, 0.15) is 19.8 Å². The van der Waals surface area contributed by atoms with E-state index in [0.717, 1.165) is 0 Å². The fraction of sp³-hybridized carbons (Fsp3) is 0.500. The predicted molar refractivity (Wildman–Crippen MR) is 89.3 cm³/mol. The number of benzene rings is 1. The highest BCUT2D eigenvalue weighted by molar-refractivity contribution is 5.96. The molecular weight excluding hydrogens is 296 g/mol. The van der Waals surface area contributed by atoms with Gasteiger partial charge in [-0.25, -0.2) is 4.79 Å². The Labute approximate surface area is 136 Å². The number of hydrogen-bond acceptors (Lipinski definition) is 4. The maximum atomic E-state index is 12.6. The first-order valence-corrected chi connectivity index (χ1v) is 7.84. The highest BCUT2D eigenvalue weighted by atomic mass is 16.5. The summed E-state index contributed by atoms with van der Waals surface area (Å²) in [7, 11) is 0. The van der Waals surface area contributed by atoms with Gasteiger partial charge in [0.1, 0.15) is 0 Å². The van der Waals surface area contributed by atoms with Crippen LogP contribution in [-0.4, -0.2) is 38.2 Å². The average Bonchev–Trinajstić information content (AvgIpc) is 2.56. The lowest BCUT2D eigenvalue weighted by Crippen LogP contribution is -2.46. The molecule has 23 heavy (non-hydrogen) atoms. The molecule has 0 bridgehead atoms. The molecule has 0 spiro atoms. The summed E-state index contributed by atoms with van der Waals surface area (Å²) in [5.41, 5.74) is 6.50. The number of anilines is 2. The SMILES string of the molecule is CCNC(=O)Nc1cccc(NC(=O)C2(CN)CCOCC2)c1. The van der Waals surface area contributed by atoms with Crippen molar-refractivity contribution in [3.8, 4) is 0 Å². The van der Waals surface area contributed by atoms with Crippen LogP contribution in [0.3, 0.4) is 0 Å². The Hall–Kier alpha value is -2.12. The number of amides is 3. The van der Waals surface area contributed by atoms with E-state index in [9.17, 15) is 9.59 Å². The fourth-order valence-corrected chi connectivity index (χ4v) is 2.56. The van der Waals surface area contributed by atoms with Gasteiger partial charge in [0.2, 0.25) is 5.91 Å². The summed E-state index contributed by atoms with van der Waals surface area (Å²) in [6, 6.07) is 6.76. The van der Waals surface area contributed by atoms with Crippen molar-refractivity contribution in [2.24, 2.45) is 11.1 Å². The molecule has 1 aliphatic heterocycles. The average molecular weight is 320 g/mol. The number of hydrogen-bond donors (Lipinski definition) is 4. The molecular formula is C16H24N4O3. The minimum atomic E-state index is -0.582. The van der Waals surface area contributed by atoms with Crippen molar-refractivity contribution in [3.63, 3.8) is 0 Å². The topological polar surface area (TPSA) is 105 Å².